The fourth-order valence-electron chi connectivity index (χ4n) is 2.29. The topological polar surface area (TPSA) is 93.7 Å². The fourth-order valence-corrected chi connectivity index (χ4v) is 3.21. The predicted octanol–water partition coefficient (Wildman–Crippen LogP) is 2.47. The zero-order chi connectivity index (χ0) is 21.7. The van der Waals surface area contributed by atoms with E-state index in [1.54, 1.807) is 0 Å². The van der Waals surface area contributed by atoms with Crippen molar-refractivity contribution in [1.82, 2.24) is 10.0 Å². The minimum Gasteiger partial charge on any atom is -0.495 e. The Balaban J connectivity index is 2.05. The SMILES string of the molecule is CNS(=O)(=O)c1cc(C(=O)NCc2ccc(OCC(F)(F)F)cc2)ccc1OC. The molecule has 0 saturated carbocycles. The van der Waals surface area contributed by atoms with Crippen molar-refractivity contribution in [2.45, 2.75) is 17.6 Å². The van der Waals surface area contributed by atoms with E-state index in [4.69, 9.17) is 4.74 Å². The number of sulfonamides is 1. The van der Waals surface area contributed by atoms with Crippen molar-refractivity contribution in [2.24, 2.45) is 0 Å². The number of ether oxygens (including phenoxy) is 2. The van der Waals surface area contributed by atoms with Gasteiger partial charge in [0.2, 0.25) is 10.0 Å². The number of benzene rings is 2. The molecule has 0 fully saturated rings. The summed E-state index contributed by atoms with van der Waals surface area (Å²) in [5.74, 6) is -0.391. The van der Waals surface area contributed by atoms with E-state index in [-0.39, 0.29) is 28.5 Å². The zero-order valence-corrected chi connectivity index (χ0v) is 16.4. The van der Waals surface area contributed by atoms with Crippen LogP contribution >= 0.6 is 0 Å². The Morgan fingerprint density at radius 3 is 2.31 bits per heavy atom. The summed E-state index contributed by atoms with van der Waals surface area (Å²) in [6.45, 7) is -1.31. The average molecular weight is 432 g/mol. The molecule has 0 radical (unpaired) electrons. The first-order valence-electron chi connectivity index (χ1n) is 8.24. The molecule has 0 atom stereocenters. The molecule has 0 aliphatic heterocycles. The molecule has 11 heteroatoms. The van der Waals surface area contributed by atoms with Crippen LogP contribution in [-0.2, 0) is 16.6 Å². The summed E-state index contributed by atoms with van der Waals surface area (Å²) in [6.07, 6.45) is -4.43. The fraction of sp³-hybridized carbons (Fsp3) is 0.278. The first kappa shape index (κ1) is 22.5. The maximum Gasteiger partial charge on any atom is 0.422 e. The van der Waals surface area contributed by atoms with Crippen molar-refractivity contribution in [1.29, 1.82) is 0 Å². The van der Waals surface area contributed by atoms with Crippen LogP contribution in [0.4, 0.5) is 13.2 Å². The second-order valence-electron chi connectivity index (χ2n) is 5.80. The standard InChI is InChI=1S/C18H19F3N2O5S/c1-22-29(25,26)16-9-13(5-8-15(16)27-2)17(24)23-10-12-3-6-14(7-4-12)28-11-18(19,20)21/h3-9,22H,10-11H2,1-2H3,(H,23,24). The van der Waals surface area contributed by atoms with Crippen LogP contribution in [0.15, 0.2) is 47.4 Å². The number of methoxy groups -OCH3 is 1. The van der Waals surface area contributed by atoms with E-state index in [0.29, 0.717) is 5.56 Å². The predicted molar refractivity (Wildman–Crippen MR) is 98.4 cm³/mol. The molecular weight excluding hydrogens is 413 g/mol. The van der Waals surface area contributed by atoms with Gasteiger partial charge in [-0.1, -0.05) is 12.1 Å². The average Bonchev–Trinajstić information content (AvgIpc) is 2.70. The van der Waals surface area contributed by atoms with Crippen LogP contribution in [0.5, 0.6) is 11.5 Å². The van der Waals surface area contributed by atoms with Crippen LogP contribution in [0, 0.1) is 0 Å². The molecule has 2 N–H and O–H groups in total. The highest BCUT2D eigenvalue weighted by Crippen LogP contribution is 2.24. The van der Waals surface area contributed by atoms with Crippen molar-refractivity contribution in [3.05, 3.63) is 53.6 Å². The van der Waals surface area contributed by atoms with E-state index < -0.39 is 28.7 Å². The number of amides is 1. The second-order valence-corrected chi connectivity index (χ2v) is 7.66. The Hall–Kier alpha value is -2.79. The molecule has 1 amide bonds. The monoisotopic (exact) mass is 432 g/mol. The highest BCUT2D eigenvalue weighted by Gasteiger charge is 2.28. The lowest BCUT2D eigenvalue weighted by molar-refractivity contribution is -0.153. The third-order valence-corrected chi connectivity index (χ3v) is 5.20. The lowest BCUT2D eigenvalue weighted by Gasteiger charge is -2.12. The van der Waals surface area contributed by atoms with Gasteiger partial charge in [-0.05, 0) is 42.9 Å². The van der Waals surface area contributed by atoms with E-state index in [2.05, 4.69) is 14.8 Å². The third kappa shape index (κ3) is 6.36. The molecule has 0 spiro atoms. The molecule has 7 nitrogen and oxygen atoms in total. The molecule has 0 aliphatic carbocycles. The van der Waals surface area contributed by atoms with Crippen LogP contribution < -0.4 is 19.5 Å². The smallest absolute Gasteiger partial charge is 0.422 e. The van der Waals surface area contributed by atoms with E-state index >= 15 is 0 Å². The van der Waals surface area contributed by atoms with Gasteiger partial charge in [-0.2, -0.15) is 13.2 Å². The molecule has 29 heavy (non-hydrogen) atoms. The zero-order valence-electron chi connectivity index (χ0n) is 15.5. The summed E-state index contributed by atoms with van der Waals surface area (Å²) >= 11 is 0. The lowest BCUT2D eigenvalue weighted by atomic mass is 10.2. The van der Waals surface area contributed by atoms with Gasteiger partial charge in [0, 0.05) is 12.1 Å². The Morgan fingerprint density at radius 1 is 1.10 bits per heavy atom. The summed E-state index contributed by atoms with van der Waals surface area (Å²) in [4.78, 5) is 12.2. The molecule has 0 unspecified atom stereocenters. The first-order valence-corrected chi connectivity index (χ1v) is 9.72. The van der Waals surface area contributed by atoms with Gasteiger partial charge in [0.05, 0.1) is 7.11 Å². The number of nitrogens with one attached hydrogen (secondary N) is 2. The molecular formula is C18H19F3N2O5S. The number of carbonyl (C=O) groups excluding carboxylic acids is 1. The molecule has 0 aliphatic rings. The summed E-state index contributed by atoms with van der Waals surface area (Å²) in [6, 6.07) is 9.71. The van der Waals surface area contributed by atoms with Crippen molar-refractivity contribution in [3.8, 4) is 11.5 Å². The first-order chi connectivity index (χ1) is 13.6. The van der Waals surface area contributed by atoms with Gasteiger partial charge < -0.3 is 14.8 Å². The minimum atomic E-state index is -4.43. The highest BCUT2D eigenvalue weighted by atomic mass is 32.2. The van der Waals surface area contributed by atoms with Crippen molar-refractivity contribution < 1.29 is 35.9 Å². The van der Waals surface area contributed by atoms with Gasteiger partial charge in [-0.15, -0.1) is 0 Å². The molecule has 0 heterocycles. The van der Waals surface area contributed by atoms with Crippen LogP contribution in [0.25, 0.3) is 0 Å². The second kappa shape index (κ2) is 9.14. The molecule has 0 aromatic heterocycles. The maximum atomic E-state index is 12.3. The number of halogens is 3. The number of rotatable bonds is 8. The maximum absolute atomic E-state index is 12.3. The Bertz CT molecular complexity index is 960. The largest absolute Gasteiger partial charge is 0.495 e. The summed E-state index contributed by atoms with van der Waals surface area (Å²) in [5.41, 5.74) is 0.721. The third-order valence-electron chi connectivity index (χ3n) is 3.76. The summed E-state index contributed by atoms with van der Waals surface area (Å²) < 4.78 is 72.4. The van der Waals surface area contributed by atoms with Crippen molar-refractivity contribution in [3.63, 3.8) is 0 Å². The number of hydrogen-bond donors (Lipinski definition) is 2. The Kier molecular flexibility index (Phi) is 7.09. The van der Waals surface area contributed by atoms with Gasteiger partial charge in [0.1, 0.15) is 16.4 Å². The molecule has 2 rings (SSSR count). The van der Waals surface area contributed by atoms with E-state index in [1.165, 1.54) is 56.6 Å². The Morgan fingerprint density at radius 2 is 1.76 bits per heavy atom. The van der Waals surface area contributed by atoms with Gasteiger partial charge in [-0.3, -0.25) is 4.79 Å². The van der Waals surface area contributed by atoms with E-state index in [0.717, 1.165) is 0 Å². The van der Waals surface area contributed by atoms with Gasteiger partial charge >= 0.3 is 6.18 Å². The lowest BCUT2D eigenvalue weighted by Crippen LogP contribution is -2.24. The normalized spacial score (nSPS) is 11.8. The van der Waals surface area contributed by atoms with Crippen LogP contribution in [-0.4, -0.2) is 41.3 Å². The van der Waals surface area contributed by atoms with Gasteiger partial charge in [0.25, 0.3) is 5.91 Å². The summed E-state index contributed by atoms with van der Waals surface area (Å²) in [5, 5.41) is 2.61. The number of alkyl halides is 3. The van der Waals surface area contributed by atoms with Crippen LogP contribution in [0.2, 0.25) is 0 Å². The van der Waals surface area contributed by atoms with E-state index in [9.17, 15) is 26.4 Å². The van der Waals surface area contributed by atoms with Crippen LogP contribution in [0.3, 0.4) is 0 Å². The minimum absolute atomic E-state index is 0.0504. The van der Waals surface area contributed by atoms with Crippen molar-refractivity contribution >= 4 is 15.9 Å². The van der Waals surface area contributed by atoms with E-state index in [1.807, 2.05) is 0 Å². The van der Waals surface area contributed by atoms with Crippen molar-refractivity contribution in [2.75, 3.05) is 20.8 Å². The molecule has 0 bridgehead atoms. The van der Waals surface area contributed by atoms with Gasteiger partial charge in [-0.25, -0.2) is 13.1 Å². The molecule has 2 aromatic carbocycles. The highest BCUT2D eigenvalue weighted by molar-refractivity contribution is 7.89. The van der Waals surface area contributed by atoms with Crippen LogP contribution in [0.1, 0.15) is 15.9 Å². The molecule has 0 saturated heterocycles. The number of hydrogen-bond acceptors (Lipinski definition) is 5. The Labute approximate surface area is 165 Å². The quantitative estimate of drug-likeness (QED) is 0.669. The number of carbonyl (C=O) groups is 1. The van der Waals surface area contributed by atoms with Gasteiger partial charge in [0.15, 0.2) is 6.61 Å². The summed E-state index contributed by atoms with van der Waals surface area (Å²) in [7, 11) is -1.28. The molecule has 2 aromatic rings. The molecule has 158 valence electrons.